The molecule has 0 N–H and O–H groups in total. The standard InChI is InChI=1S/C27H28F3NO2S/c1-6-16-8-7-9-17(12-16)13-22-23(32)34-24(33)31(22)21-15-19-18(14-20(21)27(28,29)30)25(2,3)10-11-26(19,4)5/h7-9,12-15H,6,10-11H2,1-5H3. The zero-order valence-electron chi connectivity index (χ0n) is 20.0. The van der Waals surface area contributed by atoms with Crippen LogP contribution in [0.25, 0.3) is 6.08 Å². The van der Waals surface area contributed by atoms with E-state index in [1.807, 2.05) is 52.8 Å². The lowest BCUT2D eigenvalue weighted by atomic mass is 9.62. The summed E-state index contributed by atoms with van der Waals surface area (Å²) < 4.78 is 43.0. The normalized spacial score (nSPS) is 20.7. The Labute approximate surface area is 202 Å². The molecule has 0 atom stereocenters. The van der Waals surface area contributed by atoms with Gasteiger partial charge in [-0.2, -0.15) is 13.2 Å². The van der Waals surface area contributed by atoms with Crippen molar-refractivity contribution in [3.63, 3.8) is 0 Å². The van der Waals surface area contributed by atoms with E-state index in [1.165, 1.54) is 18.2 Å². The third-order valence-electron chi connectivity index (χ3n) is 6.99. The number of carbonyl (C=O) groups is 2. The van der Waals surface area contributed by atoms with Crippen molar-refractivity contribution in [3.8, 4) is 0 Å². The van der Waals surface area contributed by atoms with Crippen molar-refractivity contribution in [2.75, 3.05) is 4.90 Å². The molecule has 180 valence electrons. The van der Waals surface area contributed by atoms with Gasteiger partial charge in [-0.1, -0.05) is 58.9 Å². The van der Waals surface area contributed by atoms with Gasteiger partial charge in [0.05, 0.1) is 11.3 Å². The molecule has 1 fully saturated rings. The number of hydrogen-bond acceptors (Lipinski definition) is 3. The van der Waals surface area contributed by atoms with Crippen molar-refractivity contribution >= 4 is 33.9 Å². The Morgan fingerprint density at radius 2 is 1.62 bits per heavy atom. The number of fused-ring (bicyclic) bond motifs is 1. The first-order valence-electron chi connectivity index (χ1n) is 11.4. The number of alkyl halides is 3. The number of anilines is 1. The molecule has 1 saturated heterocycles. The zero-order chi connectivity index (χ0) is 25.1. The fraction of sp³-hybridized carbons (Fsp3) is 0.407. The summed E-state index contributed by atoms with van der Waals surface area (Å²) in [5.74, 6) is 0. The molecule has 0 bridgehead atoms. The van der Waals surface area contributed by atoms with Gasteiger partial charge < -0.3 is 0 Å². The van der Waals surface area contributed by atoms with Gasteiger partial charge in [0.15, 0.2) is 0 Å². The number of rotatable bonds is 3. The zero-order valence-corrected chi connectivity index (χ0v) is 20.8. The first kappa shape index (κ1) is 24.6. The highest BCUT2D eigenvalue weighted by Gasteiger charge is 2.46. The Morgan fingerprint density at radius 1 is 1.00 bits per heavy atom. The highest BCUT2D eigenvalue weighted by Crippen LogP contribution is 2.51. The summed E-state index contributed by atoms with van der Waals surface area (Å²) in [6.45, 7) is 9.92. The summed E-state index contributed by atoms with van der Waals surface area (Å²) in [6, 6.07) is 10.1. The van der Waals surface area contributed by atoms with Crippen LogP contribution >= 0.6 is 11.8 Å². The van der Waals surface area contributed by atoms with Crippen LogP contribution in [-0.4, -0.2) is 10.4 Å². The molecule has 2 aliphatic rings. The van der Waals surface area contributed by atoms with Crippen LogP contribution < -0.4 is 4.90 Å². The van der Waals surface area contributed by atoms with Crippen LogP contribution in [0.1, 0.15) is 75.3 Å². The minimum atomic E-state index is -4.69. The molecule has 7 heteroatoms. The SMILES string of the molecule is CCc1cccc(C=C2C(=O)SC(=O)N2c2cc3c(cc2C(F)(F)F)C(C)(C)CCC3(C)C)c1. The Hall–Kier alpha value is -2.54. The van der Waals surface area contributed by atoms with Crippen LogP contribution in [-0.2, 0) is 28.2 Å². The molecule has 4 rings (SSSR count). The molecular formula is C27H28F3NO2S. The lowest BCUT2D eigenvalue weighted by Crippen LogP contribution is -2.35. The number of hydrogen-bond donors (Lipinski definition) is 0. The average Bonchev–Trinajstić information content (AvgIpc) is 3.03. The van der Waals surface area contributed by atoms with E-state index in [4.69, 9.17) is 0 Å². The molecule has 3 nitrogen and oxygen atoms in total. The molecule has 34 heavy (non-hydrogen) atoms. The average molecular weight is 488 g/mol. The Kier molecular flexibility index (Phi) is 6.00. The van der Waals surface area contributed by atoms with Gasteiger partial charge in [0, 0.05) is 11.8 Å². The van der Waals surface area contributed by atoms with E-state index in [-0.39, 0.29) is 16.8 Å². The second kappa shape index (κ2) is 8.29. The fourth-order valence-electron chi connectivity index (χ4n) is 4.79. The third kappa shape index (κ3) is 4.30. The molecular weight excluding hydrogens is 459 g/mol. The molecule has 0 radical (unpaired) electrons. The van der Waals surface area contributed by atoms with Crippen LogP contribution in [0.15, 0.2) is 42.1 Å². The topological polar surface area (TPSA) is 37.4 Å². The van der Waals surface area contributed by atoms with Gasteiger partial charge in [-0.3, -0.25) is 14.5 Å². The van der Waals surface area contributed by atoms with Gasteiger partial charge in [0.2, 0.25) is 5.12 Å². The second-order valence-electron chi connectivity index (χ2n) is 10.3. The Balaban J connectivity index is 1.97. The number of halogens is 3. The number of amides is 1. The molecule has 0 spiro atoms. The minimum Gasteiger partial charge on any atom is -0.279 e. The van der Waals surface area contributed by atoms with Crippen LogP contribution in [0.3, 0.4) is 0 Å². The third-order valence-corrected chi connectivity index (χ3v) is 7.74. The van der Waals surface area contributed by atoms with Crippen molar-refractivity contribution in [1.29, 1.82) is 0 Å². The largest absolute Gasteiger partial charge is 0.418 e. The maximum absolute atomic E-state index is 14.3. The van der Waals surface area contributed by atoms with Gasteiger partial charge in [0.25, 0.3) is 5.24 Å². The molecule has 2 aromatic carbocycles. The molecule has 2 aromatic rings. The number of benzene rings is 2. The highest BCUT2D eigenvalue weighted by molar-refractivity contribution is 8.27. The van der Waals surface area contributed by atoms with Crippen molar-refractivity contribution in [3.05, 3.63) is 69.9 Å². The smallest absolute Gasteiger partial charge is 0.279 e. The maximum Gasteiger partial charge on any atom is 0.418 e. The molecule has 1 amide bonds. The van der Waals surface area contributed by atoms with Crippen LogP contribution in [0.2, 0.25) is 0 Å². The summed E-state index contributed by atoms with van der Waals surface area (Å²) in [5.41, 5.74) is 1.11. The van der Waals surface area contributed by atoms with E-state index in [9.17, 15) is 22.8 Å². The molecule has 0 aromatic heterocycles. The molecule has 1 aliphatic heterocycles. The summed E-state index contributed by atoms with van der Waals surface area (Å²) in [4.78, 5) is 26.6. The number of nitrogens with zero attached hydrogens (tertiary/aromatic N) is 1. The summed E-state index contributed by atoms with van der Waals surface area (Å²) >= 11 is 0.430. The monoisotopic (exact) mass is 487 g/mol. The van der Waals surface area contributed by atoms with E-state index in [0.717, 1.165) is 35.3 Å². The van der Waals surface area contributed by atoms with Crippen LogP contribution in [0, 0.1) is 0 Å². The van der Waals surface area contributed by atoms with E-state index < -0.39 is 27.5 Å². The summed E-state index contributed by atoms with van der Waals surface area (Å²) in [7, 11) is 0. The first-order chi connectivity index (χ1) is 15.7. The maximum atomic E-state index is 14.3. The van der Waals surface area contributed by atoms with Crippen molar-refractivity contribution < 1.29 is 22.8 Å². The molecule has 1 heterocycles. The van der Waals surface area contributed by atoms with Gasteiger partial charge in [-0.15, -0.1) is 0 Å². The van der Waals surface area contributed by atoms with Crippen LogP contribution in [0.4, 0.5) is 23.7 Å². The fourth-order valence-corrected chi connectivity index (χ4v) is 5.50. The van der Waals surface area contributed by atoms with Gasteiger partial charge in [-0.25, -0.2) is 0 Å². The van der Waals surface area contributed by atoms with Crippen molar-refractivity contribution in [2.24, 2.45) is 0 Å². The Morgan fingerprint density at radius 3 is 2.21 bits per heavy atom. The van der Waals surface area contributed by atoms with E-state index in [1.54, 1.807) is 6.07 Å². The lowest BCUT2D eigenvalue weighted by molar-refractivity contribution is -0.137. The van der Waals surface area contributed by atoms with E-state index >= 15 is 0 Å². The number of carbonyl (C=O) groups excluding carboxylic acids is 2. The molecule has 0 saturated carbocycles. The summed E-state index contributed by atoms with van der Waals surface area (Å²) in [5, 5.41) is -1.28. The number of aryl methyl sites for hydroxylation is 1. The van der Waals surface area contributed by atoms with Gasteiger partial charge in [0.1, 0.15) is 5.70 Å². The van der Waals surface area contributed by atoms with E-state index in [2.05, 4.69) is 0 Å². The number of thioether (sulfide) groups is 1. The quantitative estimate of drug-likeness (QED) is 0.414. The first-order valence-corrected chi connectivity index (χ1v) is 12.2. The van der Waals surface area contributed by atoms with Gasteiger partial charge >= 0.3 is 6.18 Å². The second-order valence-corrected chi connectivity index (χ2v) is 11.2. The van der Waals surface area contributed by atoms with Crippen LogP contribution in [0.5, 0.6) is 0 Å². The van der Waals surface area contributed by atoms with Crippen molar-refractivity contribution in [2.45, 2.75) is 70.9 Å². The van der Waals surface area contributed by atoms with E-state index in [0.29, 0.717) is 22.9 Å². The van der Waals surface area contributed by atoms with Crippen molar-refractivity contribution in [1.82, 2.24) is 0 Å². The Bertz CT molecular complexity index is 1210. The van der Waals surface area contributed by atoms with Gasteiger partial charge in [-0.05, 0) is 70.6 Å². The molecule has 1 aliphatic carbocycles. The predicted octanol–water partition coefficient (Wildman–Crippen LogP) is 7.86. The predicted molar refractivity (Wildman–Crippen MR) is 131 cm³/mol. The molecule has 0 unspecified atom stereocenters. The lowest BCUT2D eigenvalue weighted by Gasteiger charge is -2.43. The highest BCUT2D eigenvalue weighted by atomic mass is 32.2. The minimum absolute atomic E-state index is 0.0541. The summed E-state index contributed by atoms with van der Waals surface area (Å²) in [6.07, 6.45) is -0.832.